The van der Waals surface area contributed by atoms with Crippen LogP contribution in [0, 0.1) is 6.92 Å². The van der Waals surface area contributed by atoms with Crippen molar-refractivity contribution in [2.24, 2.45) is 0 Å². The van der Waals surface area contributed by atoms with Gasteiger partial charge in [0.1, 0.15) is 11.3 Å². The number of benzene rings is 4. The third kappa shape index (κ3) is 5.38. The Bertz CT molecular complexity index is 2030. The molecule has 0 saturated carbocycles. The summed E-state index contributed by atoms with van der Waals surface area (Å²) in [4.78, 5) is 9.86. The molecule has 0 aliphatic heterocycles. The van der Waals surface area contributed by atoms with Gasteiger partial charge in [0.2, 0.25) is 5.89 Å². The first-order chi connectivity index (χ1) is 20.7. The predicted molar refractivity (Wildman–Crippen MR) is 184 cm³/mol. The molecule has 0 spiro atoms. The van der Waals surface area contributed by atoms with Crippen LogP contribution in [0.15, 0.2) is 83.4 Å². The number of aromatic nitrogens is 2. The fourth-order valence-corrected chi connectivity index (χ4v) is 5.79. The Hall–Kier alpha value is -4.44. The number of oxazole rings is 1. The van der Waals surface area contributed by atoms with Gasteiger partial charge in [0, 0.05) is 22.7 Å². The van der Waals surface area contributed by atoms with Crippen LogP contribution in [0.5, 0.6) is 5.75 Å². The number of phenols is 1. The monoisotopic (exact) mass is 582 g/mol. The maximum atomic E-state index is 10.9. The molecule has 0 saturated heterocycles. The number of aryl methyl sites for hydroxylation is 1. The second-order valence-corrected chi connectivity index (χ2v) is 14.4. The molecule has 4 aromatic carbocycles. The Balaban J connectivity index is 1.57. The highest BCUT2D eigenvalue weighted by Crippen LogP contribution is 2.41. The highest BCUT2D eigenvalue weighted by molar-refractivity contribution is 5.98. The fourth-order valence-electron chi connectivity index (χ4n) is 5.79. The molecule has 2 aromatic heterocycles. The van der Waals surface area contributed by atoms with Crippen molar-refractivity contribution in [2.75, 3.05) is 0 Å². The molecular weight excluding hydrogens is 540 g/mol. The minimum atomic E-state index is -0.0766. The minimum Gasteiger partial charge on any atom is -0.507 e. The zero-order valence-corrected chi connectivity index (χ0v) is 27.3. The molecule has 4 heteroatoms. The number of fused-ring (bicyclic) bond motifs is 2. The molecule has 0 fully saturated rings. The van der Waals surface area contributed by atoms with E-state index in [2.05, 4.69) is 117 Å². The van der Waals surface area contributed by atoms with Crippen molar-refractivity contribution in [3.05, 3.63) is 101 Å². The third-order valence-electron chi connectivity index (χ3n) is 8.69. The van der Waals surface area contributed by atoms with Crippen molar-refractivity contribution < 1.29 is 9.52 Å². The molecule has 6 rings (SSSR count). The summed E-state index contributed by atoms with van der Waals surface area (Å²) >= 11 is 0. The van der Waals surface area contributed by atoms with Crippen LogP contribution < -0.4 is 0 Å². The summed E-state index contributed by atoms with van der Waals surface area (Å²) in [6, 6.07) is 25.4. The van der Waals surface area contributed by atoms with Crippen molar-refractivity contribution in [3.8, 4) is 39.5 Å². The minimum absolute atomic E-state index is 0.00639. The number of pyridine rings is 1. The second kappa shape index (κ2) is 10.6. The molecule has 0 radical (unpaired) electrons. The molecule has 4 nitrogen and oxygen atoms in total. The summed E-state index contributed by atoms with van der Waals surface area (Å²) in [6.45, 7) is 19.8. The third-order valence-corrected chi connectivity index (χ3v) is 8.69. The highest BCUT2D eigenvalue weighted by Gasteiger charge is 2.22. The van der Waals surface area contributed by atoms with Gasteiger partial charge in [-0.2, -0.15) is 0 Å². The van der Waals surface area contributed by atoms with Gasteiger partial charge < -0.3 is 9.52 Å². The van der Waals surface area contributed by atoms with Crippen molar-refractivity contribution >= 4 is 22.0 Å². The molecule has 0 atom stereocenters. The Morgan fingerprint density at radius 3 is 2.02 bits per heavy atom. The summed E-state index contributed by atoms with van der Waals surface area (Å²) < 4.78 is 6.41. The Morgan fingerprint density at radius 2 is 1.36 bits per heavy atom. The first-order valence-corrected chi connectivity index (χ1v) is 15.5. The molecule has 0 aliphatic carbocycles. The van der Waals surface area contributed by atoms with E-state index in [9.17, 15) is 5.11 Å². The van der Waals surface area contributed by atoms with Crippen molar-refractivity contribution in [1.29, 1.82) is 0 Å². The number of hydrogen-bond donors (Lipinski definition) is 1. The SMILES string of the molecule is Cc1ccnc2c(-c3cccc(-c4cc(C(C)C)cc5oc(-c6cc(C(C)(C)C)ccc6O)nc45)c3)cc(C(C)(C)C)cc12. The lowest BCUT2D eigenvalue weighted by Gasteiger charge is -2.22. The van der Waals surface area contributed by atoms with Crippen molar-refractivity contribution in [1.82, 2.24) is 9.97 Å². The largest absolute Gasteiger partial charge is 0.507 e. The first kappa shape index (κ1) is 29.6. The van der Waals surface area contributed by atoms with E-state index >= 15 is 0 Å². The maximum Gasteiger partial charge on any atom is 0.231 e. The second-order valence-electron chi connectivity index (χ2n) is 14.4. The average molecular weight is 583 g/mol. The van der Waals surface area contributed by atoms with Crippen molar-refractivity contribution in [3.63, 3.8) is 0 Å². The van der Waals surface area contributed by atoms with E-state index in [0.29, 0.717) is 23.0 Å². The van der Waals surface area contributed by atoms with E-state index in [0.717, 1.165) is 38.9 Å². The average Bonchev–Trinajstić information content (AvgIpc) is 3.39. The van der Waals surface area contributed by atoms with E-state index in [1.807, 2.05) is 18.3 Å². The van der Waals surface area contributed by atoms with Gasteiger partial charge >= 0.3 is 0 Å². The maximum absolute atomic E-state index is 10.9. The molecule has 0 amide bonds. The van der Waals surface area contributed by atoms with E-state index < -0.39 is 0 Å². The van der Waals surface area contributed by atoms with E-state index in [-0.39, 0.29) is 16.6 Å². The summed E-state index contributed by atoms with van der Waals surface area (Å²) in [5.74, 6) is 0.878. The van der Waals surface area contributed by atoms with Crippen LogP contribution in [0.4, 0.5) is 0 Å². The number of phenolic OH excluding ortho intramolecular Hbond substituents is 1. The van der Waals surface area contributed by atoms with Crippen LogP contribution in [0.1, 0.15) is 83.6 Å². The Labute approximate surface area is 260 Å². The molecule has 224 valence electrons. The molecule has 0 aliphatic rings. The standard InChI is InChI=1S/C40H42N2O2/c1-23(2)27-18-31(37-35(19-27)44-38(42-37)33-20-28(39(4,5)6)13-14-34(33)43)25-11-10-12-26(17-25)32-22-29(40(7,8)9)21-30-24(3)15-16-41-36(30)32/h10-23,43H,1-9H3. The Morgan fingerprint density at radius 1 is 0.705 bits per heavy atom. The van der Waals surface area contributed by atoms with Crippen LogP contribution in [0.25, 0.3) is 55.7 Å². The van der Waals surface area contributed by atoms with E-state index in [4.69, 9.17) is 14.4 Å². The van der Waals surface area contributed by atoms with Crippen LogP contribution in [-0.4, -0.2) is 15.1 Å². The van der Waals surface area contributed by atoms with Crippen LogP contribution in [0.3, 0.4) is 0 Å². The van der Waals surface area contributed by atoms with Crippen LogP contribution in [0.2, 0.25) is 0 Å². The number of hydrogen-bond acceptors (Lipinski definition) is 4. The Kier molecular flexibility index (Phi) is 7.15. The normalized spacial score (nSPS) is 12.5. The topological polar surface area (TPSA) is 59.2 Å². The molecule has 44 heavy (non-hydrogen) atoms. The lowest BCUT2D eigenvalue weighted by molar-refractivity contribution is 0.473. The van der Waals surface area contributed by atoms with Gasteiger partial charge in [0.05, 0.1) is 11.1 Å². The van der Waals surface area contributed by atoms with Crippen molar-refractivity contribution in [2.45, 2.75) is 79.1 Å². The van der Waals surface area contributed by atoms with Gasteiger partial charge in [-0.1, -0.05) is 79.7 Å². The number of rotatable bonds is 4. The molecule has 2 heterocycles. The lowest BCUT2D eigenvalue weighted by atomic mass is 9.83. The zero-order valence-electron chi connectivity index (χ0n) is 27.3. The summed E-state index contributed by atoms with van der Waals surface area (Å²) in [5.41, 5.74) is 12.1. The molecule has 6 aromatic rings. The lowest BCUT2D eigenvalue weighted by Crippen LogP contribution is -2.11. The van der Waals surface area contributed by atoms with Crippen LogP contribution in [-0.2, 0) is 10.8 Å². The van der Waals surface area contributed by atoms with Gasteiger partial charge in [0.25, 0.3) is 0 Å². The fraction of sp³-hybridized carbons (Fsp3) is 0.300. The number of aromatic hydroxyl groups is 1. The molecule has 0 bridgehead atoms. The van der Waals surface area contributed by atoms with Gasteiger partial charge in [-0.25, -0.2) is 4.98 Å². The van der Waals surface area contributed by atoms with E-state index in [1.54, 1.807) is 6.07 Å². The molecular formula is C40H42N2O2. The summed E-state index contributed by atoms with van der Waals surface area (Å²) in [7, 11) is 0. The molecule has 1 N–H and O–H groups in total. The summed E-state index contributed by atoms with van der Waals surface area (Å²) in [6.07, 6.45) is 1.90. The van der Waals surface area contributed by atoms with Gasteiger partial charge in [-0.15, -0.1) is 0 Å². The summed E-state index contributed by atoms with van der Waals surface area (Å²) in [5, 5.41) is 12.0. The number of nitrogens with zero attached hydrogens (tertiary/aromatic N) is 2. The first-order valence-electron chi connectivity index (χ1n) is 15.5. The zero-order chi connectivity index (χ0) is 31.6. The smallest absolute Gasteiger partial charge is 0.231 e. The van der Waals surface area contributed by atoms with Gasteiger partial charge in [0.15, 0.2) is 5.58 Å². The quantitative estimate of drug-likeness (QED) is 0.225. The van der Waals surface area contributed by atoms with Crippen LogP contribution >= 0.6 is 0 Å². The predicted octanol–water partition coefficient (Wildman–Crippen LogP) is 11.1. The van der Waals surface area contributed by atoms with Gasteiger partial charge in [-0.3, -0.25) is 4.98 Å². The highest BCUT2D eigenvalue weighted by atomic mass is 16.3. The molecule has 0 unspecified atom stereocenters. The van der Waals surface area contributed by atoms with E-state index in [1.165, 1.54) is 22.1 Å². The van der Waals surface area contributed by atoms with Gasteiger partial charge in [-0.05, 0) is 106 Å².